The number of hydrogen-bond donors (Lipinski definition) is 3. The molecule has 16 heavy (non-hydrogen) atoms. The van der Waals surface area contributed by atoms with Gasteiger partial charge in [-0.15, -0.1) is 0 Å². The molecular formula is C10H17N5O. The van der Waals surface area contributed by atoms with Crippen molar-refractivity contribution >= 4 is 11.7 Å². The summed E-state index contributed by atoms with van der Waals surface area (Å²) < 4.78 is 0. The number of anilines is 1. The highest BCUT2D eigenvalue weighted by molar-refractivity contribution is 5.76. The summed E-state index contributed by atoms with van der Waals surface area (Å²) in [5.74, 6) is 0.667. The van der Waals surface area contributed by atoms with Crippen LogP contribution in [0.5, 0.6) is 0 Å². The molecule has 0 aromatic carbocycles. The minimum atomic E-state index is -0.104. The van der Waals surface area contributed by atoms with Crippen LogP contribution in [0.15, 0.2) is 18.6 Å². The summed E-state index contributed by atoms with van der Waals surface area (Å²) in [6.45, 7) is 2.96. The lowest BCUT2D eigenvalue weighted by Crippen LogP contribution is -2.33. The molecule has 1 aromatic heterocycles. The van der Waals surface area contributed by atoms with Crippen molar-refractivity contribution in [3.05, 3.63) is 18.6 Å². The summed E-state index contributed by atoms with van der Waals surface area (Å²) in [6.07, 6.45) is 5.20. The fraction of sp³-hybridized carbons (Fsp3) is 0.500. The maximum Gasteiger partial charge on any atom is 0.221 e. The van der Waals surface area contributed by atoms with Gasteiger partial charge in [0.25, 0.3) is 0 Å². The van der Waals surface area contributed by atoms with Crippen LogP contribution in [0.4, 0.5) is 5.82 Å². The van der Waals surface area contributed by atoms with E-state index in [1.807, 2.05) is 0 Å². The van der Waals surface area contributed by atoms with E-state index in [1.165, 1.54) is 0 Å². The second-order valence-corrected chi connectivity index (χ2v) is 3.55. The highest BCUT2D eigenvalue weighted by Gasteiger charge is 2.03. The molecule has 1 heterocycles. The van der Waals surface area contributed by atoms with Crippen LogP contribution in [0.1, 0.15) is 13.3 Å². The predicted molar refractivity (Wildman–Crippen MR) is 61.8 cm³/mol. The van der Waals surface area contributed by atoms with E-state index >= 15 is 0 Å². The van der Waals surface area contributed by atoms with Crippen molar-refractivity contribution in [2.75, 3.05) is 18.4 Å². The average Bonchev–Trinajstić information content (AvgIpc) is 2.25. The Morgan fingerprint density at radius 1 is 1.50 bits per heavy atom. The van der Waals surface area contributed by atoms with E-state index in [1.54, 1.807) is 25.5 Å². The van der Waals surface area contributed by atoms with Crippen LogP contribution in [0, 0.1) is 0 Å². The van der Waals surface area contributed by atoms with Gasteiger partial charge in [0.2, 0.25) is 5.91 Å². The summed E-state index contributed by atoms with van der Waals surface area (Å²) in [6, 6.07) is -0.104. The first-order valence-electron chi connectivity index (χ1n) is 5.20. The molecule has 0 saturated carbocycles. The molecule has 0 aliphatic rings. The summed E-state index contributed by atoms with van der Waals surface area (Å²) in [5, 5.41) is 5.79. The Labute approximate surface area is 94.7 Å². The quantitative estimate of drug-likeness (QED) is 0.578. The smallest absolute Gasteiger partial charge is 0.221 e. The number of aromatic nitrogens is 2. The van der Waals surface area contributed by atoms with Crippen molar-refractivity contribution in [1.29, 1.82) is 0 Å². The minimum absolute atomic E-state index is 0.0315. The third kappa shape index (κ3) is 5.26. The van der Waals surface area contributed by atoms with Crippen LogP contribution in [-0.4, -0.2) is 35.0 Å². The van der Waals surface area contributed by atoms with Crippen molar-refractivity contribution in [3.8, 4) is 0 Å². The molecule has 0 radical (unpaired) electrons. The zero-order chi connectivity index (χ0) is 11.8. The number of carbonyl (C=O) groups is 1. The van der Waals surface area contributed by atoms with Gasteiger partial charge in [0.15, 0.2) is 0 Å². The Balaban J connectivity index is 2.10. The Morgan fingerprint density at radius 2 is 2.31 bits per heavy atom. The lowest BCUT2D eigenvalue weighted by Gasteiger charge is -2.08. The van der Waals surface area contributed by atoms with E-state index < -0.39 is 0 Å². The zero-order valence-electron chi connectivity index (χ0n) is 9.31. The molecule has 0 aliphatic carbocycles. The van der Waals surface area contributed by atoms with Crippen molar-refractivity contribution in [2.45, 2.75) is 19.4 Å². The molecule has 1 rings (SSSR count). The molecule has 0 spiro atoms. The van der Waals surface area contributed by atoms with Crippen molar-refractivity contribution in [2.24, 2.45) is 5.73 Å². The lowest BCUT2D eigenvalue weighted by atomic mass is 10.2. The van der Waals surface area contributed by atoms with Gasteiger partial charge in [-0.25, -0.2) is 4.98 Å². The van der Waals surface area contributed by atoms with Crippen LogP contribution < -0.4 is 16.4 Å². The van der Waals surface area contributed by atoms with Crippen LogP contribution in [-0.2, 0) is 4.79 Å². The number of nitrogens with one attached hydrogen (secondary N) is 2. The molecule has 1 atom stereocenters. The fourth-order valence-electron chi connectivity index (χ4n) is 1.15. The van der Waals surface area contributed by atoms with E-state index in [-0.39, 0.29) is 11.9 Å². The van der Waals surface area contributed by atoms with Gasteiger partial charge in [-0.2, -0.15) is 0 Å². The lowest BCUT2D eigenvalue weighted by molar-refractivity contribution is -0.121. The third-order valence-electron chi connectivity index (χ3n) is 1.82. The summed E-state index contributed by atoms with van der Waals surface area (Å²) in [4.78, 5) is 19.2. The Morgan fingerprint density at radius 3 is 2.94 bits per heavy atom. The molecule has 1 amide bonds. The number of amides is 1. The van der Waals surface area contributed by atoms with Crippen molar-refractivity contribution in [1.82, 2.24) is 15.3 Å². The van der Waals surface area contributed by atoms with E-state index in [0.29, 0.717) is 25.3 Å². The number of nitrogens with two attached hydrogens (primary N) is 1. The SMILES string of the molecule is CC(N)CC(=O)NCCNc1cnccn1. The highest BCUT2D eigenvalue weighted by Crippen LogP contribution is 1.94. The molecule has 88 valence electrons. The molecule has 1 unspecified atom stereocenters. The predicted octanol–water partition coefficient (Wildman–Crippen LogP) is -0.258. The molecule has 6 heteroatoms. The standard InChI is InChI=1S/C10H17N5O/c1-8(11)6-10(16)15-5-4-14-9-7-12-2-3-13-9/h2-3,7-8H,4-6,11H2,1H3,(H,13,14)(H,15,16). The fourth-order valence-corrected chi connectivity index (χ4v) is 1.15. The number of rotatable bonds is 6. The number of carbonyl (C=O) groups excluding carboxylic acids is 1. The topological polar surface area (TPSA) is 92.9 Å². The highest BCUT2D eigenvalue weighted by atomic mass is 16.1. The molecule has 0 fully saturated rings. The van der Waals surface area contributed by atoms with Gasteiger partial charge in [-0.3, -0.25) is 9.78 Å². The molecular weight excluding hydrogens is 206 g/mol. The average molecular weight is 223 g/mol. The molecule has 6 nitrogen and oxygen atoms in total. The van der Waals surface area contributed by atoms with E-state index in [9.17, 15) is 4.79 Å². The normalized spacial score (nSPS) is 11.9. The summed E-state index contributed by atoms with van der Waals surface area (Å²) in [7, 11) is 0. The van der Waals surface area contributed by atoms with Crippen LogP contribution in [0.25, 0.3) is 0 Å². The third-order valence-corrected chi connectivity index (χ3v) is 1.82. The van der Waals surface area contributed by atoms with Gasteiger partial charge in [-0.1, -0.05) is 0 Å². The largest absolute Gasteiger partial charge is 0.367 e. The molecule has 4 N–H and O–H groups in total. The molecule has 0 bridgehead atoms. The first-order valence-corrected chi connectivity index (χ1v) is 5.20. The number of nitrogens with zero attached hydrogens (tertiary/aromatic N) is 2. The second-order valence-electron chi connectivity index (χ2n) is 3.55. The zero-order valence-corrected chi connectivity index (χ0v) is 9.31. The van der Waals surface area contributed by atoms with Crippen LogP contribution in [0.2, 0.25) is 0 Å². The van der Waals surface area contributed by atoms with Gasteiger partial charge < -0.3 is 16.4 Å². The van der Waals surface area contributed by atoms with Gasteiger partial charge in [-0.05, 0) is 6.92 Å². The molecule has 1 aromatic rings. The van der Waals surface area contributed by atoms with Crippen molar-refractivity contribution in [3.63, 3.8) is 0 Å². The Kier molecular flexibility index (Phi) is 5.21. The maximum atomic E-state index is 11.2. The van der Waals surface area contributed by atoms with E-state index in [0.717, 1.165) is 0 Å². The monoisotopic (exact) mass is 223 g/mol. The minimum Gasteiger partial charge on any atom is -0.367 e. The number of hydrogen-bond acceptors (Lipinski definition) is 5. The Bertz CT molecular complexity index is 314. The second kappa shape index (κ2) is 6.73. The first-order chi connectivity index (χ1) is 7.68. The maximum absolute atomic E-state index is 11.2. The van der Waals surface area contributed by atoms with Crippen LogP contribution >= 0.6 is 0 Å². The van der Waals surface area contributed by atoms with Gasteiger partial charge >= 0.3 is 0 Å². The van der Waals surface area contributed by atoms with Crippen molar-refractivity contribution < 1.29 is 4.79 Å². The molecule has 0 saturated heterocycles. The van der Waals surface area contributed by atoms with Gasteiger partial charge in [0.05, 0.1) is 6.20 Å². The van der Waals surface area contributed by atoms with Gasteiger partial charge in [0, 0.05) is 37.9 Å². The van der Waals surface area contributed by atoms with Gasteiger partial charge in [0.1, 0.15) is 5.82 Å². The van der Waals surface area contributed by atoms with E-state index in [2.05, 4.69) is 20.6 Å². The first kappa shape index (κ1) is 12.4. The molecule has 0 aliphatic heterocycles. The summed E-state index contributed by atoms with van der Waals surface area (Å²) >= 11 is 0. The Hall–Kier alpha value is -1.69. The van der Waals surface area contributed by atoms with Crippen LogP contribution in [0.3, 0.4) is 0 Å². The summed E-state index contributed by atoms with van der Waals surface area (Å²) in [5.41, 5.74) is 5.49. The van der Waals surface area contributed by atoms with E-state index in [4.69, 9.17) is 5.73 Å².